The number of aromatic nitrogens is 2. The molecule has 0 saturated heterocycles. The van der Waals surface area contributed by atoms with E-state index in [0.29, 0.717) is 0 Å². The molecule has 2 aromatic heterocycles. The normalized spacial score (nSPS) is 10.1. The summed E-state index contributed by atoms with van der Waals surface area (Å²) >= 11 is 3.46. The number of benzene rings is 2. The minimum atomic E-state index is 0. The summed E-state index contributed by atoms with van der Waals surface area (Å²) in [4.78, 5) is 3.98. The number of pyridine rings is 2. The summed E-state index contributed by atoms with van der Waals surface area (Å²) in [6.07, 6.45) is 19.1. The van der Waals surface area contributed by atoms with Crippen molar-refractivity contribution < 1.29 is 21.5 Å². The zero-order chi connectivity index (χ0) is 31.0. The maximum atomic E-state index is 3.98. The molecule has 0 aliphatic heterocycles. The van der Waals surface area contributed by atoms with Gasteiger partial charge in [-0.1, -0.05) is 103 Å². The van der Waals surface area contributed by atoms with Gasteiger partial charge in [0, 0.05) is 42.7 Å². The molecule has 2 aromatic carbocycles. The lowest BCUT2D eigenvalue weighted by molar-refractivity contribution is -0.703. The van der Waals surface area contributed by atoms with Gasteiger partial charge in [0.1, 0.15) is 6.54 Å². The molecule has 0 amide bonds. The van der Waals surface area contributed by atoms with Crippen molar-refractivity contribution in [2.24, 2.45) is 0 Å². The predicted molar refractivity (Wildman–Crippen MR) is 190 cm³/mol. The number of rotatable bonds is 15. The lowest BCUT2D eigenvalue weighted by atomic mass is 10.0. The highest BCUT2D eigenvalue weighted by Gasteiger charge is 2.04. The average Bonchev–Trinajstić information content (AvgIpc) is 3.04. The third kappa shape index (κ3) is 18.5. The maximum absolute atomic E-state index is 3.98. The maximum Gasteiger partial charge on any atom is 0.178 e. The van der Waals surface area contributed by atoms with E-state index in [-0.39, 0.29) is 17.0 Å². The first-order chi connectivity index (χ1) is 21.0. The minimum Gasteiger partial charge on any atom is -1.00 e. The summed E-state index contributed by atoms with van der Waals surface area (Å²) in [5.74, 6) is 0. The Morgan fingerprint density at radius 2 is 1.05 bits per heavy atom. The summed E-state index contributed by atoms with van der Waals surface area (Å²) in [5, 5.41) is 1.13. The van der Waals surface area contributed by atoms with Crippen LogP contribution in [-0.4, -0.2) is 10.3 Å². The topological polar surface area (TPSA) is 16.8 Å². The number of nitrogens with zero attached hydrogens (tertiary/aromatic N) is 2. The van der Waals surface area contributed by atoms with E-state index in [0.717, 1.165) is 17.6 Å². The molecule has 2 heterocycles. The largest absolute Gasteiger partial charge is 1.00 e. The van der Waals surface area contributed by atoms with E-state index in [4.69, 9.17) is 0 Å². The van der Waals surface area contributed by atoms with Crippen molar-refractivity contribution in [3.8, 4) is 0 Å². The summed E-state index contributed by atoms with van der Waals surface area (Å²) in [7, 11) is 0. The molecule has 0 aliphatic rings. The Balaban J connectivity index is 0.000000366. The lowest BCUT2D eigenvalue weighted by Gasteiger charge is -2.04. The Labute approximate surface area is 288 Å². The van der Waals surface area contributed by atoms with E-state index < -0.39 is 0 Å². The number of aryl methyl sites for hydroxylation is 7. The Bertz CT molecular complexity index is 1210. The fourth-order valence-corrected chi connectivity index (χ4v) is 5.20. The number of hydrogen-bond acceptors (Lipinski definition) is 1. The second-order valence-electron chi connectivity index (χ2n) is 11.4. The molecule has 0 N–H and O–H groups in total. The predicted octanol–water partition coefficient (Wildman–Crippen LogP) is 7.79. The van der Waals surface area contributed by atoms with Crippen LogP contribution in [0.25, 0.3) is 0 Å². The third-order valence-corrected chi connectivity index (χ3v) is 8.19. The highest BCUT2D eigenvalue weighted by atomic mass is 79.9. The number of alkyl halides is 1. The van der Waals surface area contributed by atoms with Gasteiger partial charge < -0.3 is 17.0 Å². The molecule has 0 atom stereocenters. The van der Waals surface area contributed by atoms with E-state index in [9.17, 15) is 0 Å². The number of halogens is 2. The van der Waals surface area contributed by atoms with Crippen molar-refractivity contribution >= 4 is 15.9 Å². The minimum absolute atomic E-state index is 0. The Hall–Kier alpha value is -2.30. The van der Waals surface area contributed by atoms with Crippen LogP contribution in [0.15, 0.2) is 97.3 Å². The summed E-state index contributed by atoms with van der Waals surface area (Å²) in [6.45, 7) is 9.77. The molecule has 44 heavy (non-hydrogen) atoms. The SMILES string of the molecule is CCCCc1ccc(CCCCBr)cc1.CCCCc1ccc(CCCC[n+]2ccccc2C)cc1.Cc1ccccn1.[Br-]. The van der Waals surface area contributed by atoms with E-state index in [1.807, 2.05) is 25.1 Å². The second kappa shape index (κ2) is 26.0. The summed E-state index contributed by atoms with van der Waals surface area (Å²) in [5.41, 5.74) is 8.35. The van der Waals surface area contributed by atoms with Crippen LogP contribution in [0, 0.1) is 13.8 Å². The standard InChI is InChI=1S/C20H28N.C14H21Br.C6H7N.BrH/c1-3-4-10-19-12-14-20(15-13-19)11-6-8-17-21-16-7-5-9-18(21)2;1-2-3-6-13-8-10-14(11-9-13)7-4-5-12-15;1-6-4-2-3-5-7-6;/h5,7,9,12-16H,3-4,6,8,10-11,17H2,1-2H3;8-11H,2-7,12H2,1H3;2-5H,1H3;1H/q+1;;;/p-1. The van der Waals surface area contributed by atoms with Gasteiger partial charge >= 0.3 is 0 Å². The van der Waals surface area contributed by atoms with Crippen LogP contribution in [0.5, 0.6) is 0 Å². The smallest absolute Gasteiger partial charge is 0.178 e. The molecule has 240 valence electrons. The van der Waals surface area contributed by atoms with Crippen LogP contribution < -0.4 is 21.5 Å². The molecule has 4 rings (SSSR count). The van der Waals surface area contributed by atoms with Crippen LogP contribution in [0.3, 0.4) is 0 Å². The van der Waals surface area contributed by atoms with E-state index in [2.05, 4.69) is 119 Å². The highest BCUT2D eigenvalue weighted by molar-refractivity contribution is 9.09. The molecule has 0 fully saturated rings. The van der Waals surface area contributed by atoms with Gasteiger partial charge in [0.15, 0.2) is 11.9 Å². The van der Waals surface area contributed by atoms with E-state index >= 15 is 0 Å². The first-order valence-corrected chi connectivity index (χ1v) is 17.7. The zero-order valence-corrected chi connectivity index (χ0v) is 31.0. The van der Waals surface area contributed by atoms with Gasteiger partial charge in [-0.2, -0.15) is 0 Å². The van der Waals surface area contributed by atoms with Crippen molar-refractivity contribution in [2.45, 2.75) is 111 Å². The van der Waals surface area contributed by atoms with Crippen molar-refractivity contribution in [1.82, 2.24) is 4.98 Å². The third-order valence-electron chi connectivity index (χ3n) is 7.63. The molecule has 0 spiro atoms. The van der Waals surface area contributed by atoms with Crippen LogP contribution in [-0.2, 0) is 32.2 Å². The molecule has 0 saturated carbocycles. The Kier molecular flexibility index (Phi) is 23.4. The molecule has 2 nitrogen and oxygen atoms in total. The van der Waals surface area contributed by atoms with Gasteiger partial charge in [-0.3, -0.25) is 4.98 Å². The first kappa shape index (κ1) is 39.7. The Morgan fingerprint density at radius 3 is 1.43 bits per heavy atom. The number of hydrogen-bond donors (Lipinski definition) is 0. The highest BCUT2D eigenvalue weighted by Crippen LogP contribution is 2.12. The monoisotopic (exact) mass is 722 g/mol. The molecule has 0 radical (unpaired) electrons. The van der Waals surface area contributed by atoms with Crippen molar-refractivity contribution in [2.75, 3.05) is 5.33 Å². The van der Waals surface area contributed by atoms with Crippen LogP contribution in [0.1, 0.15) is 98.9 Å². The van der Waals surface area contributed by atoms with Crippen LogP contribution in [0.4, 0.5) is 0 Å². The molecule has 0 bridgehead atoms. The second-order valence-corrected chi connectivity index (χ2v) is 12.2. The fraction of sp³-hybridized carbons (Fsp3) is 0.450. The number of unbranched alkanes of at least 4 members (excludes halogenated alkanes) is 4. The quantitative estimate of drug-likeness (QED) is 0.0696. The molecule has 0 aliphatic carbocycles. The van der Waals surface area contributed by atoms with E-state index in [1.165, 1.54) is 105 Å². The van der Waals surface area contributed by atoms with E-state index in [1.54, 1.807) is 6.20 Å². The van der Waals surface area contributed by atoms with Crippen molar-refractivity contribution in [3.63, 3.8) is 0 Å². The summed E-state index contributed by atoms with van der Waals surface area (Å²) in [6, 6.07) is 30.6. The zero-order valence-electron chi connectivity index (χ0n) is 27.8. The van der Waals surface area contributed by atoms with Crippen LogP contribution in [0.2, 0.25) is 0 Å². The summed E-state index contributed by atoms with van der Waals surface area (Å²) < 4.78 is 2.34. The average molecular weight is 725 g/mol. The van der Waals surface area contributed by atoms with Crippen molar-refractivity contribution in [1.29, 1.82) is 0 Å². The van der Waals surface area contributed by atoms with Gasteiger partial charge in [-0.05, 0) is 99.1 Å². The molecule has 4 aromatic rings. The van der Waals surface area contributed by atoms with Gasteiger partial charge in [0.05, 0.1) is 0 Å². The van der Waals surface area contributed by atoms with Crippen LogP contribution >= 0.6 is 15.9 Å². The lowest BCUT2D eigenvalue weighted by Crippen LogP contribution is -3.00. The molecular weight excluding hydrogens is 668 g/mol. The van der Waals surface area contributed by atoms with Gasteiger partial charge in [-0.15, -0.1) is 0 Å². The van der Waals surface area contributed by atoms with Gasteiger partial charge in [0.25, 0.3) is 0 Å². The Morgan fingerprint density at radius 1 is 0.568 bits per heavy atom. The first-order valence-electron chi connectivity index (χ1n) is 16.6. The molecule has 0 unspecified atom stereocenters. The molecular formula is C40H56Br2N2. The fourth-order valence-electron chi connectivity index (χ4n) is 4.80. The van der Waals surface area contributed by atoms with Crippen molar-refractivity contribution in [3.05, 3.63) is 131 Å². The molecule has 4 heteroatoms. The van der Waals surface area contributed by atoms with Gasteiger partial charge in [0.2, 0.25) is 0 Å². The van der Waals surface area contributed by atoms with Gasteiger partial charge in [-0.25, -0.2) is 4.57 Å².